The van der Waals surface area contributed by atoms with E-state index in [4.69, 9.17) is 5.11 Å². The number of aliphatic carboxylic acids is 1. The topological polar surface area (TPSA) is 66.4 Å². The summed E-state index contributed by atoms with van der Waals surface area (Å²) in [5.41, 5.74) is 2.24. The van der Waals surface area contributed by atoms with Crippen molar-refractivity contribution in [3.63, 3.8) is 0 Å². The van der Waals surface area contributed by atoms with Crippen LogP contribution >= 0.6 is 11.8 Å². The van der Waals surface area contributed by atoms with Gasteiger partial charge < -0.3 is 10.4 Å². The Morgan fingerprint density at radius 3 is 3.00 bits per heavy atom. The first-order valence-corrected chi connectivity index (χ1v) is 6.41. The van der Waals surface area contributed by atoms with Crippen LogP contribution in [0.4, 0.5) is 0 Å². The predicted octanol–water partition coefficient (Wildman–Crippen LogP) is 1.43. The van der Waals surface area contributed by atoms with Crippen molar-refractivity contribution in [2.75, 3.05) is 5.75 Å². The fraction of sp³-hybridized carbons (Fsp3) is 0.333. The number of thioether (sulfide) groups is 1. The molecule has 0 atom stereocenters. The maximum atomic E-state index is 10.9. The zero-order chi connectivity index (χ0) is 12.3. The van der Waals surface area contributed by atoms with Gasteiger partial charge in [0.25, 0.3) is 0 Å². The van der Waals surface area contributed by atoms with E-state index in [1.165, 1.54) is 16.9 Å². The van der Waals surface area contributed by atoms with E-state index >= 15 is 0 Å². The number of benzene rings is 1. The fourth-order valence-corrected chi connectivity index (χ4v) is 2.80. The minimum Gasteiger partial charge on any atom is -0.474 e. The van der Waals surface area contributed by atoms with Gasteiger partial charge in [0.05, 0.1) is 0 Å². The minimum absolute atomic E-state index is 0.267. The molecule has 0 unspecified atom stereocenters. The van der Waals surface area contributed by atoms with Gasteiger partial charge in [-0.15, -0.1) is 11.8 Å². The van der Waals surface area contributed by atoms with E-state index in [-0.39, 0.29) is 6.54 Å². The van der Waals surface area contributed by atoms with Gasteiger partial charge in [-0.2, -0.15) is 0 Å². The number of rotatable bonds is 2. The van der Waals surface area contributed by atoms with Crippen LogP contribution in [0.15, 0.2) is 23.1 Å². The summed E-state index contributed by atoms with van der Waals surface area (Å²) in [6.45, 7) is 0.267. The minimum atomic E-state index is -1.45. The van der Waals surface area contributed by atoms with Gasteiger partial charge in [-0.3, -0.25) is 4.79 Å². The summed E-state index contributed by atoms with van der Waals surface area (Å²) in [7, 11) is 0. The number of fused-ring (bicyclic) bond motifs is 1. The number of hydrogen-bond donors (Lipinski definition) is 2. The molecule has 0 saturated carbocycles. The summed E-state index contributed by atoms with van der Waals surface area (Å²) in [6, 6.07) is 6.02. The van der Waals surface area contributed by atoms with Crippen molar-refractivity contribution in [3.8, 4) is 0 Å². The largest absolute Gasteiger partial charge is 0.474 e. The van der Waals surface area contributed by atoms with Gasteiger partial charge in [0, 0.05) is 11.4 Å². The summed E-state index contributed by atoms with van der Waals surface area (Å²) < 4.78 is 0. The van der Waals surface area contributed by atoms with Crippen LogP contribution in [0.2, 0.25) is 0 Å². The third-order valence-corrected chi connectivity index (χ3v) is 3.82. The second-order valence-corrected chi connectivity index (χ2v) is 5.02. The molecule has 0 aliphatic carbocycles. The van der Waals surface area contributed by atoms with Crippen LogP contribution in [0.1, 0.15) is 17.5 Å². The molecule has 0 saturated heterocycles. The van der Waals surface area contributed by atoms with Crippen LogP contribution in [0, 0.1) is 0 Å². The van der Waals surface area contributed by atoms with Gasteiger partial charge in [0.1, 0.15) is 0 Å². The lowest BCUT2D eigenvalue weighted by Gasteiger charge is -2.16. The van der Waals surface area contributed by atoms with Crippen molar-refractivity contribution in [2.45, 2.75) is 24.3 Å². The van der Waals surface area contributed by atoms with E-state index in [0.717, 1.165) is 17.7 Å². The molecule has 4 nitrogen and oxygen atoms in total. The summed E-state index contributed by atoms with van der Waals surface area (Å²) in [5.74, 6) is -1.25. The Bertz CT molecular complexity index is 459. The van der Waals surface area contributed by atoms with Crippen LogP contribution < -0.4 is 5.32 Å². The third-order valence-electron chi connectivity index (χ3n) is 2.62. The molecule has 1 aliphatic heterocycles. The Hall–Kier alpha value is -1.49. The Morgan fingerprint density at radius 2 is 2.24 bits per heavy atom. The number of carboxylic acid groups (broad SMARTS) is 1. The molecule has 2 N–H and O–H groups in total. The van der Waals surface area contributed by atoms with E-state index in [2.05, 4.69) is 5.32 Å². The van der Waals surface area contributed by atoms with Gasteiger partial charge in [-0.05, 0) is 35.8 Å². The molecule has 0 bridgehead atoms. The summed E-state index contributed by atoms with van der Waals surface area (Å²) in [6.07, 6.45) is 2.23. The van der Waals surface area contributed by atoms with Gasteiger partial charge in [-0.25, -0.2) is 4.79 Å². The number of nitrogens with one attached hydrogen (secondary N) is 1. The molecule has 0 radical (unpaired) electrons. The fourth-order valence-electron chi connectivity index (χ4n) is 1.78. The van der Waals surface area contributed by atoms with Gasteiger partial charge >= 0.3 is 11.9 Å². The molecule has 90 valence electrons. The molecule has 1 aromatic rings. The van der Waals surface area contributed by atoms with Crippen molar-refractivity contribution >= 4 is 23.6 Å². The molecule has 0 aromatic heterocycles. The number of carbonyl (C=O) groups excluding carboxylic acids is 1. The average molecular weight is 251 g/mol. The molecule has 17 heavy (non-hydrogen) atoms. The van der Waals surface area contributed by atoms with Crippen LogP contribution in [0.3, 0.4) is 0 Å². The number of amides is 1. The normalized spacial score (nSPS) is 13.9. The van der Waals surface area contributed by atoms with E-state index in [1.54, 1.807) is 0 Å². The molecule has 0 spiro atoms. The molecule has 1 heterocycles. The number of aryl methyl sites for hydroxylation is 1. The molecule has 1 aromatic carbocycles. The second kappa shape index (κ2) is 5.23. The first-order valence-electron chi connectivity index (χ1n) is 5.42. The van der Waals surface area contributed by atoms with Crippen LogP contribution in [-0.4, -0.2) is 22.7 Å². The second-order valence-electron chi connectivity index (χ2n) is 3.88. The van der Waals surface area contributed by atoms with Crippen LogP contribution in [-0.2, 0) is 22.6 Å². The summed E-state index contributed by atoms with van der Waals surface area (Å²) >= 11 is 1.85. The lowest BCUT2D eigenvalue weighted by Crippen LogP contribution is -2.30. The SMILES string of the molecule is O=C(O)C(=O)NCc1ccc2c(c1)CCCS2. The predicted molar refractivity (Wildman–Crippen MR) is 65.0 cm³/mol. The van der Waals surface area contributed by atoms with Gasteiger partial charge in [-0.1, -0.05) is 12.1 Å². The number of hydrogen-bond acceptors (Lipinski definition) is 3. The van der Waals surface area contributed by atoms with Crippen molar-refractivity contribution in [1.82, 2.24) is 5.32 Å². The highest BCUT2D eigenvalue weighted by Crippen LogP contribution is 2.30. The monoisotopic (exact) mass is 251 g/mol. The third kappa shape index (κ3) is 3.00. The molecular weight excluding hydrogens is 238 g/mol. The van der Waals surface area contributed by atoms with Gasteiger partial charge in [0.15, 0.2) is 0 Å². The quantitative estimate of drug-likeness (QED) is 0.780. The molecule has 2 rings (SSSR count). The van der Waals surface area contributed by atoms with E-state index in [0.29, 0.717) is 0 Å². The molecule has 1 amide bonds. The maximum Gasteiger partial charge on any atom is 0.394 e. The molecule has 5 heteroatoms. The first-order chi connectivity index (χ1) is 8.16. The van der Waals surface area contributed by atoms with Crippen LogP contribution in [0.5, 0.6) is 0 Å². The van der Waals surface area contributed by atoms with Gasteiger partial charge in [0.2, 0.25) is 0 Å². The van der Waals surface area contributed by atoms with Crippen molar-refractivity contribution in [2.24, 2.45) is 0 Å². The lowest BCUT2D eigenvalue weighted by molar-refractivity contribution is -0.150. The Morgan fingerprint density at radius 1 is 1.41 bits per heavy atom. The van der Waals surface area contributed by atoms with E-state index in [9.17, 15) is 9.59 Å². The smallest absolute Gasteiger partial charge is 0.394 e. The van der Waals surface area contributed by atoms with Crippen molar-refractivity contribution < 1.29 is 14.7 Å². The highest BCUT2D eigenvalue weighted by Gasteiger charge is 2.12. The molecular formula is C12H13NO3S. The summed E-state index contributed by atoms with van der Waals surface area (Å²) in [5, 5.41) is 10.8. The van der Waals surface area contributed by atoms with Crippen LogP contribution in [0.25, 0.3) is 0 Å². The highest BCUT2D eigenvalue weighted by molar-refractivity contribution is 7.99. The summed E-state index contributed by atoms with van der Waals surface area (Å²) in [4.78, 5) is 22.5. The first kappa shape index (κ1) is 12.0. The number of carboxylic acids is 1. The molecule has 0 fully saturated rings. The molecule has 1 aliphatic rings. The lowest BCUT2D eigenvalue weighted by atomic mass is 10.1. The zero-order valence-electron chi connectivity index (χ0n) is 9.23. The Balaban J connectivity index is 2.02. The maximum absolute atomic E-state index is 10.9. The Labute approximate surface area is 103 Å². The van der Waals surface area contributed by atoms with Crippen molar-refractivity contribution in [3.05, 3.63) is 29.3 Å². The number of carbonyl (C=O) groups is 2. The zero-order valence-corrected chi connectivity index (χ0v) is 10.0. The van der Waals surface area contributed by atoms with E-state index < -0.39 is 11.9 Å². The standard InChI is InChI=1S/C12H13NO3S/c14-11(12(15)16)13-7-8-3-4-10-9(6-8)2-1-5-17-10/h3-4,6H,1-2,5,7H2,(H,13,14)(H,15,16). The van der Waals surface area contributed by atoms with E-state index in [1.807, 2.05) is 30.0 Å². The highest BCUT2D eigenvalue weighted by atomic mass is 32.2. The Kier molecular flexibility index (Phi) is 3.68. The van der Waals surface area contributed by atoms with Crippen molar-refractivity contribution in [1.29, 1.82) is 0 Å². The average Bonchev–Trinajstić information content (AvgIpc) is 2.35.